The van der Waals surface area contributed by atoms with Crippen molar-refractivity contribution < 1.29 is 9.53 Å². The zero-order valence-corrected chi connectivity index (χ0v) is 14.9. The molecule has 0 bridgehead atoms. The van der Waals surface area contributed by atoms with Crippen molar-refractivity contribution in [3.8, 4) is 0 Å². The van der Waals surface area contributed by atoms with E-state index in [2.05, 4.69) is 62.0 Å². The molecule has 25 heavy (non-hydrogen) atoms. The molecule has 0 heterocycles. The normalized spacial score (nSPS) is 20.0. The van der Waals surface area contributed by atoms with Crippen LogP contribution in [-0.2, 0) is 9.53 Å². The average Bonchev–Trinajstić information content (AvgIpc) is 2.88. The summed E-state index contributed by atoms with van der Waals surface area (Å²) in [6.45, 7) is 8.73. The number of esters is 1. The molecular weight excluding hydrogens is 308 g/mol. The fourth-order valence-electron chi connectivity index (χ4n) is 3.85. The molecule has 0 saturated heterocycles. The highest BCUT2D eigenvalue weighted by Crippen LogP contribution is 2.52. The predicted octanol–water partition coefficient (Wildman–Crippen LogP) is 5.39. The van der Waals surface area contributed by atoms with Crippen molar-refractivity contribution in [2.75, 3.05) is 6.61 Å². The van der Waals surface area contributed by atoms with Crippen LogP contribution in [0.5, 0.6) is 0 Å². The molecule has 2 aromatic carbocycles. The number of ether oxygens (including phenoxy) is 1. The third kappa shape index (κ3) is 3.43. The van der Waals surface area contributed by atoms with E-state index in [0.29, 0.717) is 13.0 Å². The second-order valence-electron chi connectivity index (χ2n) is 6.45. The van der Waals surface area contributed by atoms with E-state index in [4.69, 9.17) is 4.74 Å². The maximum absolute atomic E-state index is 12.1. The molecule has 0 fully saturated rings. The zero-order chi connectivity index (χ0) is 17.8. The third-order valence-corrected chi connectivity index (χ3v) is 4.98. The van der Waals surface area contributed by atoms with Gasteiger partial charge in [-0.15, -0.1) is 0 Å². The Bertz CT molecular complexity index is 787. The molecule has 0 aromatic heterocycles. The first kappa shape index (κ1) is 17.2. The average molecular weight is 332 g/mol. The van der Waals surface area contributed by atoms with E-state index in [0.717, 1.165) is 11.1 Å². The van der Waals surface area contributed by atoms with Crippen molar-refractivity contribution in [1.29, 1.82) is 0 Å². The molecule has 2 nitrogen and oxygen atoms in total. The number of carbonyl (C=O) groups excluding carboxylic acids is 1. The number of rotatable bonds is 5. The van der Waals surface area contributed by atoms with E-state index in [-0.39, 0.29) is 17.8 Å². The minimum atomic E-state index is -0.182. The Hall–Kier alpha value is -2.61. The van der Waals surface area contributed by atoms with Crippen LogP contribution in [-0.4, -0.2) is 12.6 Å². The minimum absolute atomic E-state index is 0.160. The highest BCUT2D eigenvalue weighted by molar-refractivity contribution is 5.76. The quantitative estimate of drug-likeness (QED) is 0.686. The van der Waals surface area contributed by atoms with Crippen LogP contribution in [0, 0.1) is 0 Å². The van der Waals surface area contributed by atoms with Gasteiger partial charge in [-0.05, 0) is 36.1 Å². The number of benzene rings is 2. The van der Waals surface area contributed by atoms with Gasteiger partial charge in [-0.3, -0.25) is 4.79 Å². The monoisotopic (exact) mass is 332 g/mol. The largest absolute Gasteiger partial charge is 0.466 e. The first-order valence-corrected chi connectivity index (χ1v) is 8.77. The van der Waals surface area contributed by atoms with Crippen LogP contribution in [0.25, 0.3) is 0 Å². The molecule has 0 spiro atoms. The van der Waals surface area contributed by atoms with Gasteiger partial charge in [0, 0.05) is 11.8 Å². The molecule has 2 atom stereocenters. The Morgan fingerprint density at radius 2 is 1.48 bits per heavy atom. The first-order valence-electron chi connectivity index (χ1n) is 8.77. The van der Waals surface area contributed by atoms with Gasteiger partial charge in [-0.2, -0.15) is 0 Å². The van der Waals surface area contributed by atoms with Gasteiger partial charge in [-0.1, -0.05) is 72.8 Å². The minimum Gasteiger partial charge on any atom is -0.466 e. The van der Waals surface area contributed by atoms with Crippen molar-refractivity contribution in [3.63, 3.8) is 0 Å². The lowest BCUT2D eigenvalue weighted by atomic mass is 9.80. The lowest BCUT2D eigenvalue weighted by Gasteiger charge is -2.23. The van der Waals surface area contributed by atoms with Crippen LogP contribution in [0.4, 0.5) is 0 Å². The summed E-state index contributed by atoms with van der Waals surface area (Å²) in [5, 5.41) is 0. The van der Waals surface area contributed by atoms with Crippen molar-refractivity contribution >= 4 is 5.97 Å². The van der Waals surface area contributed by atoms with E-state index in [1.54, 1.807) is 0 Å². The van der Waals surface area contributed by atoms with E-state index in [9.17, 15) is 4.79 Å². The summed E-state index contributed by atoms with van der Waals surface area (Å²) in [4.78, 5) is 12.1. The fraction of sp³-hybridized carbons (Fsp3) is 0.261. The van der Waals surface area contributed by atoms with Crippen molar-refractivity contribution in [2.45, 2.75) is 32.1 Å². The Labute approximate surface area is 149 Å². The summed E-state index contributed by atoms with van der Waals surface area (Å²) in [6.07, 6.45) is 0.297. The molecule has 2 heteroatoms. The van der Waals surface area contributed by atoms with Crippen LogP contribution < -0.4 is 0 Å². The number of hydrogen-bond acceptors (Lipinski definition) is 2. The molecular formula is C23H24O2. The van der Waals surface area contributed by atoms with E-state index >= 15 is 0 Å². The Balaban J connectivity index is 2.04. The summed E-state index contributed by atoms with van der Waals surface area (Å²) in [6, 6.07) is 20.9. The Kier molecular flexibility index (Phi) is 5.18. The molecule has 0 aliphatic heterocycles. The number of hydrogen-bond donors (Lipinski definition) is 0. The molecule has 0 radical (unpaired) electrons. The Morgan fingerprint density at radius 3 is 2.00 bits per heavy atom. The summed E-state index contributed by atoms with van der Waals surface area (Å²) < 4.78 is 5.17. The zero-order valence-electron chi connectivity index (χ0n) is 14.9. The summed E-state index contributed by atoms with van der Waals surface area (Å²) >= 11 is 0. The smallest absolute Gasteiger partial charge is 0.310 e. The molecule has 1 aliphatic rings. The van der Waals surface area contributed by atoms with Gasteiger partial charge >= 0.3 is 5.97 Å². The van der Waals surface area contributed by atoms with Gasteiger partial charge in [-0.25, -0.2) is 0 Å². The van der Waals surface area contributed by atoms with Crippen LogP contribution in [0.2, 0.25) is 0 Å². The standard InChI is InChI=1S/C23H24O2/c1-4-25-21(24)15-20-16(2)22(18-11-7-5-8-12-18)23(17(20)3)19-13-9-6-10-14-19/h5-14,22-23H,2,4,15H2,1,3H3/t22-,23-/m1/s1. The fourth-order valence-corrected chi connectivity index (χ4v) is 3.85. The molecule has 0 saturated carbocycles. The second-order valence-corrected chi connectivity index (χ2v) is 6.45. The van der Waals surface area contributed by atoms with E-state index in [1.807, 2.05) is 19.1 Å². The molecule has 128 valence electrons. The first-order chi connectivity index (χ1) is 12.1. The van der Waals surface area contributed by atoms with Gasteiger partial charge < -0.3 is 4.74 Å². The summed E-state index contributed by atoms with van der Waals surface area (Å²) in [5.74, 6) is 0.187. The lowest BCUT2D eigenvalue weighted by Crippen LogP contribution is -2.09. The summed E-state index contributed by atoms with van der Waals surface area (Å²) in [7, 11) is 0. The van der Waals surface area contributed by atoms with Gasteiger partial charge in [0.1, 0.15) is 0 Å². The van der Waals surface area contributed by atoms with E-state index in [1.165, 1.54) is 16.7 Å². The maximum atomic E-state index is 12.1. The number of carbonyl (C=O) groups is 1. The molecule has 3 rings (SSSR count). The lowest BCUT2D eigenvalue weighted by molar-refractivity contribution is -0.142. The van der Waals surface area contributed by atoms with Crippen LogP contribution in [0.1, 0.15) is 43.2 Å². The number of allylic oxidation sites excluding steroid dienone is 2. The van der Waals surface area contributed by atoms with Gasteiger partial charge in [0.15, 0.2) is 0 Å². The van der Waals surface area contributed by atoms with Crippen LogP contribution in [0.3, 0.4) is 0 Å². The second kappa shape index (κ2) is 7.52. The molecule has 0 unspecified atom stereocenters. The van der Waals surface area contributed by atoms with E-state index < -0.39 is 0 Å². The van der Waals surface area contributed by atoms with Gasteiger partial charge in [0.2, 0.25) is 0 Å². The van der Waals surface area contributed by atoms with Crippen molar-refractivity contribution in [2.24, 2.45) is 0 Å². The van der Waals surface area contributed by atoms with Crippen LogP contribution >= 0.6 is 0 Å². The topological polar surface area (TPSA) is 26.3 Å². The maximum Gasteiger partial charge on any atom is 0.310 e. The Morgan fingerprint density at radius 1 is 0.960 bits per heavy atom. The predicted molar refractivity (Wildman–Crippen MR) is 101 cm³/mol. The highest BCUT2D eigenvalue weighted by atomic mass is 16.5. The molecule has 2 aromatic rings. The summed E-state index contributed by atoms with van der Waals surface area (Å²) in [5.41, 5.74) is 5.79. The van der Waals surface area contributed by atoms with Gasteiger partial charge in [0.25, 0.3) is 0 Å². The highest BCUT2D eigenvalue weighted by Gasteiger charge is 2.38. The molecule has 1 aliphatic carbocycles. The molecule has 0 amide bonds. The van der Waals surface area contributed by atoms with Crippen LogP contribution in [0.15, 0.2) is 84.0 Å². The SMILES string of the molecule is C=C1C(CC(=O)OCC)=C(C)[C@H](c2ccccc2)[C@H]1c1ccccc1. The van der Waals surface area contributed by atoms with Gasteiger partial charge in [0.05, 0.1) is 13.0 Å². The third-order valence-electron chi connectivity index (χ3n) is 4.98. The van der Waals surface area contributed by atoms with Crippen molar-refractivity contribution in [3.05, 3.63) is 95.1 Å². The van der Waals surface area contributed by atoms with Crippen molar-refractivity contribution in [1.82, 2.24) is 0 Å². The molecule has 0 N–H and O–H groups in total.